The summed E-state index contributed by atoms with van der Waals surface area (Å²) in [5.41, 5.74) is 0. The molecule has 0 atom stereocenters. The third-order valence-electron chi connectivity index (χ3n) is 1.38. The Morgan fingerprint density at radius 3 is 3.25 bits per heavy atom. The topological polar surface area (TPSA) is 38.1 Å². The van der Waals surface area contributed by atoms with Crippen molar-refractivity contribution in [1.82, 2.24) is 10.3 Å². The number of oxazole rings is 1. The van der Waals surface area contributed by atoms with Crippen molar-refractivity contribution in [3.63, 3.8) is 0 Å². The van der Waals surface area contributed by atoms with Gasteiger partial charge in [-0.05, 0) is 19.5 Å². The predicted molar refractivity (Wildman–Crippen MR) is 50.4 cm³/mol. The minimum Gasteiger partial charge on any atom is -0.440 e. The largest absolute Gasteiger partial charge is 0.440 e. The number of nitrogens with zero attached hydrogens (tertiary/aromatic N) is 1. The van der Waals surface area contributed by atoms with Crippen LogP contribution >= 0.6 is 11.8 Å². The molecule has 0 radical (unpaired) electrons. The van der Waals surface area contributed by atoms with Crippen LogP contribution in [0.3, 0.4) is 0 Å². The Bertz CT molecular complexity index is 189. The maximum absolute atomic E-state index is 5.07. The summed E-state index contributed by atoms with van der Waals surface area (Å²) in [7, 11) is 0. The number of thioether (sulfide) groups is 1. The summed E-state index contributed by atoms with van der Waals surface area (Å²) in [6, 6.07) is 0. The molecule has 1 heterocycles. The zero-order chi connectivity index (χ0) is 8.65. The minimum absolute atomic E-state index is 0.770. The zero-order valence-corrected chi connectivity index (χ0v) is 8.06. The lowest BCUT2D eigenvalue weighted by molar-refractivity contribution is 0.454. The molecule has 0 bridgehead atoms. The Balaban J connectivity index is 1.96. The van der Waals surface area contributed by atoms with Crippen molar-refractivity contribution in [3.8, 4) is 0 Å². The van der Waals surface area contributed by atoms with Crippen molar-refractivity contribution in [3.05, 3.63) is 12.5 Å². The molecule has 0 unspecified atom stereocenters. The van der Waals surface area contributed by atoms with Crippen LogP contribution in [0.2, 0.25) is 0 Å². The summed E-state index contributed by atoms with van der Waals surface area (Å²) in [5.74, 6) is 1.06. The molecule has 0 aliphatic carbocycles. The molecular weight excluding hydrogens is 172 g/mol. The second-order valence-electron chi connectivity index (χ2n) is 2.35. The molecule has 0 fully saturated rings. The van der Waals surface area contributed by atoms with E-state index in [4.69, 9.17) is 4.42 Å². The highest BCUT2D eigenvalue weighted by Crippen LogP contribution is 2.14. The Labute approximate surface area is 76.9 Å². The van der Waals surface area contributed by atoms with E-state index in [1.165, 1.54) is 0 Å². The van der Waals surface area contributed by atoms with E-state index in [1.807, 2.05) is 0 Å². The number of rotatable bonds is 6. The van der Waals surface area contributed by atoms with Gasteiger partial charge in [-0.15, -0.1) is 0 Å². The lowest BCUT2D eigenvalue weighted by Gasteiger charge is -1.98. The lowest BCUT2D eigenvalue weighted by atomic mass is 10.5. The SMILES string of the molecule is CCNCCCSc1ncco1. The summed E-state index contributed by atoms with van der Waals surface area (Å²) in [5, 5.41) is 4.03. The van der Waals surface area contributed by atoms with Crippen molar-refractivity contribution >= 4 is 11.8 Å². The molecule has 1 aromatic rings. The van der Waals surface area contributed by atoms with Crippen molar-refractivity contribution in [2.75, 3.05) is 18.8 Å². The Morgan fingerprint density at radius 2 is 2.58 bits per heavy atom. The van der Waals surface area contributed by atoms with E-state index in [-0.39, 0.29) is 0 Å². The molecule has 12 heavy (non-hydrogen) atoms. The van der Waals surface area contributed by atoms with Gasteiger partial charge in [0.1, 0.15) is 6.26 Å². The molecule has 4 heteroatoms. The molecule has 1 N–H and O–H groups in total. The van der Waals surface area contributed by atoms with E-state index in [9.17, 15) is 0 Å². The lowest BCUT2D eigenvalue weighted by Crippen LogP contribution is -2.14. The average Bonchev–Trinajstić information content (AvgIpc) is 2.57. The maximum Gasteiger partial charge on any atom is 0.255 e. The van der Waals surface area contributed by atoms with Gasteiger partial charge in [0.25, 0.3) is 5.22 Å². The Morgan fingerprint density at radius 1 is 1.67 bits per heavy atom. The van der Waals surface area contributed by atoms with Crippen LogP contribution in [-0.2, 0) is 0 Å². The van der Waals surface area contributed by atoms with Gasteiger partial charge in [0, 0.05) is 5.75 Å². The van der Waals surface area contributed by atoms with Crippen molar-refractivity contribution < 1.29 is 4.42 Å². The summed E-state index contributed by atoms with van der Waals surface area (Å²) in [6.07, 6.45) is 4.43. The van der Waals surface area contributed by atoms with Gasteiger partial charge in [-0.1, -0.05) is 18.7 Å². The quantitative estimate of drug-likeness (QED) is 0.543. The molecule has 1 aromatic heterocycles. The second-order valence-corrected chi connectivity index (χ2v) is 3.40. The number of aromatic nitrogens is 1. The first-order valence-electron chi connectivity index (χ1n) is 4.16. The molecule has 0 aliphatic rings. The van der Waals surface area contributed by atoms with Gasteiger partial charge in [-0.25, -0.2) is 4.98 Å². The predicted octanol–water partition coefficient (Wildman–Crippen LogP) is 1.77. The normalized spacial score (nSPS) is 10.4. The van der Waals surface area contributed by atoms with Crippen LogP contribution in [-0.4, -0.2) is 23.8 Å². The second kappa shape index (κ2) is 6.08. The third kappa shape index (κ3) is 3.78. The molecule has 0 saturated heterocycles. The number of nitrogens with one attached hydrogen (secondary N) is 1. The average molecular weight is 186 g/mol. The third-order valence-corrected chi connectivity index (χ3v) is 2.32. The highest BCUT2D eigenvalue weighted by Gasteiger charge is 1.96. The maximum atomic E-state index is 5.07. The molecule has 1 rings (SSSR count). The summed E-state index contributed by atoms with van der Waals surface area (Å²) < 4.78 is 5.07. The van der Waals surface area contributed by atoms with Gasteiger partial charge >= 0.3 is 0 Å². The van der Waals surface area contributed by atoms with E-state index in [1.54, 1.807) is 24.2 Å². The number of hydrogen-bond acceptors (Lipinski definition) is 4. The van der Waals surface area contributed by atoms with E-state index in [2.05, 4.69) is 17.2 Å². The van der Waals surface area contributed by atoms with Gasteiger partial charge < -0.3 is 9.73 Å². The van der Waals surface area contributed by atoms with Crippen LogP contribution in [0.5, 0.6) is 0 Å². The first-order chi connectivity index (χ1) is 5.93. The summed E-state index contributed by atoms with van der Waals surface area (Å²) in [6.45, 7) is 4.23. The smallest absolute Gasteiger partial charge is 0.255 e. The van der Waals surface area contributed by atoms with Crippen molar-refractivity contribution in [2.45, 2.75) is 18.6 Å². The summed E-state index contributed by atoms with van der Waals surface area (Å²) in [4.78, 5) is 4.01. The van der Waals surface area contributed by atoms with Crippen LogP contribution in [0.25, 0.3) is 0 Å². The Hall–Kier alpha value is -0.480. The monoisotopic (exact) mass is 186 g/mol. The van der Waals surface area contributed by atoms with E-state index >= 15 is 0 Å². The number of hydrogen-bond donors (Lipinski definition) is 1. The first kappa shape index (κ1) is 9.61. The molecule has 0 aliphatic heterocycles. The molecule has 0 aromatic carbocycles. The van der Waals surface area contributed by atoms with Crippen LogP contribution in [0.1, 0.15) is 13.3 Å². The van der Waals surface area contributed by atoms with Crippen LogP contribution in [0.15, 0.2) is 22.1 Å². The molecule has 0 amide bonds. The highest BCUT2D eigenvalue weighted by molar-refractivity contribution is 7.99. The standard InChI is InChI=1S/C8H14N2OS/c1-2-9-4-3-7-12-8-10-5-6-11-8/h5-6,9H,2-4,7H2,1H3. The van der Waals surface area contributed by atoms with Gasteiger partial charge in [0.2, 0.25) is 0 Å². The van der Waals surface area contributed by atoms with E-state index < -0.39 is 0 Å². The van der Waals surface area contributed by atoms with Gasteiger partial charge in [0.05, 0.1) is 6.20 Å². The fraction of sp³-hybridized carbons (Fsp3) is 0.625. The highest BCUT2D eigenvalue weighted by atomic mass is 32.2. The molecule has 0 saturated carbocycles. The molecule has 0 spiro atoms. The summed E-state index contributed by atoms with van der Waals surface area (Å²) >= 11 is 1.66. The fourth-order valence-electron chi connectivity index (χ4n) is 0.815. The van der Waals surface area contributed by atoms with Gasteiger partial charge in [0.15, 0.2) is 0 Å². The van der Waals surface area contributed by atoms with E-state index in [0.717, 1.165) is 30.5 Å². The van der Waals surface area contributed by atoms with Crippen molar-refractivity contribution in [2.24, 2.45) is 0 Å². The minimum atomic E-state index is 0.770. The van der Waals surface area contributed by atoms with Crippen LogP contribution in [0, 0.1) is 0 Å². The zero-order valence-electron chi connectivity index (χ0n) is 7.25. The van der Waals surface area contributed by atoms with Crippen LogP contribution in [0.4, 0.5) is 0 Å². The van der Waals surface area contributed by atoms with Crippen molar-refractivity contribution in [1.29, 1.82) is 0 Å². The fourth-order valence-corrected chi connectivity index (χ4v) is 1.54. The van der Waals surface area contributed by atoms with Crippen LogP contribution < -0.4 is 5.32 Å². The molecular formula is C8H14N2OS. The molecule has 3 nitrogen and oxygen atoms in total. The van der Waals surface area contributed by atoms with Gasteiger partial charge in [-0.3, -0.25) is 0 Å². The first-order valence-corrected chi connectivity index (χ1v) is 5.15. The van der Waals surface area contributed by atoms with Gasteiger partial charge in [-0.2, -0.15) is 0 Å². The van der Waals surface area contributed by atoms with E-state index in [0.29, 0.717) is 0 Å². The Kier molecular flexibility index (Phi) is 4.87. The molecule has 68 valence electrons.